The van der Waals surface area contributed by atoms with Crippen molar-refractivity contribution in [2.45, 2.75) is 67.2 Å². The average molecular weight is 720 g/mol. The molecule has 3 aromatic carbocycles. The van der Waals surface area contributed by atoms with Gasteiger partial charge in [-0.25, -0.2) is 9.79 Å². The van der Waals surface area contributed by atoms with Gasteiger partial charge in [0, 0.05) is 10.0 Å². The molecular weight excluding hydrogens is 680 g/mol. The number of hydrogen-bond donors (Lipinski definition) is 0. The minimum absolute atomic E-state index is 0.285. The molecule has 0 N–H and O–H groups in total. The quantitative estimate of drug-likeness (QED) is 0.167. The van der Waals surface area contributed by atoms with Crippen molar-refractivity contribution >= 4 is 39.3 Å². The highest BCUT2D eigenvalue weighted by atomic mass is 79.9. The van der Waals surface area contributed by atoms with Gasteiger partial charge in [-0.1, -0.05) is 51.0 Å². The largest absolute Gasteiger partial charge is 0.496 e. The number of nitrogens with zero attached hydrogens (tertiary/aromatic N) is 2. The number of esters is 1. The molecule has 0 fully saturated rings. The average Bonchev–Trinajstić information content (AvgIpc) is 3.30. The molecule has 2 heterocycles. The van der Waals surface area contributed by atoms with E-state index in [1.807, 2.05) is 43.3 Å². The van der Waals surface area contributed by atoms with E-state index in [0.717, 1.165) is 15.6 Å². The van der Waals surface area contributed by atoms with Gasteiger partial charge in [0.15, 0.2) is 16.3 Å². The Morgan fingerprint density at radius 1 is 1.00 bits per heavy atom. The molecule has 0 spiro atoms. The van der Waals surface area contributed by atoms with Crippen molar-refractivity contribution in [3.05, 3.63) is 117 Å². The van der Waals surface area contributed by atoms with E-state index in [-0.39, 0.29) is 17.2 Å². The maximum Gasteiger partial charge on any atom is 0.338 e. The number of benzene rings is 3. The molecule has 0 bridgehead atoms. The summed E-state index contributed by atoms with van der Waals surface area (Å²) in [5.41, 5.74) is 6.61. The third-order valence-electron chi connectivity index (χ3n) is 7.85. The van der Waals surface area contributed by atoms with Crippen molar-refractivity contribution in [1.82, 2.24) is 4.57 Å². The van der Waals surface area contributed by atoms with Crippen molar-refractivity contribution in [2.75, 3.05) is 13.7 Å². The molecule has 4 aromatic rings. The highest BCUT2D eigenvalue weighted by Crippen LogP contribution is 2.37. The second-order valence-corrected chi connectivity index (χ2v) is 13.7. The molecule has 47 heavy (non-hydrogen) atoms. The van der Waals surface area contributed by atoms with E-state index < -0.39 is 12.0 Å². The predicted octanol–water partition coefficient (Wildman–Crippen LogP) is 6.86. The van der Waals surface area contributed by atoms with Gasteiger partial charge >= 0.3 is 5.97 Å². The molecule has 0 aliphatic carbocycles. The molecule has 0 saturated carbocycles. The molecule has 5 rings (SSSR count). The summed E-state index contributed by atoms with van der Waals surface area (Å²) in [6, 6.07) is 14.6. The van der Waals surface area contributed by atoms with Crippen LogP contribution >= 0.6 is 27.3 Å². The Kier molecular flexibility index (Phi) is 10.4. The molecule has 246 valence electrons. The molecule has 0 amide bonds. The Morgan fingerprint density at radius 3 is 2.36 bits per heavy atom. The molecule has 10 heteroatoms. The number of aromatic nitrogens is 1. The number of ether oxygens (including phenoxy) is 4. The zero-order valence-electron chi connectivity index (χ0n) is 27.9. The Labute approximate surface area is 287 Å². The first-order chi connectivity index (χ1) is 22.4. The molecule has 1 aliphatic rings. The van der Waals surface area contributed by atoms with E-state index in [1.54, 1.807) is 38.5 Å². The van der Waals surface area contributed by atoms with Crippen LogP contribution in [0.5, 0.6) is 17.2 Å². The van der Waals surface area contributed by atoms with Crippen LogP contribution in [0, 0.1) is 20.8 Å². The van der Waals surface area contributed by atoms with Gasteiger partial charge < -0.3 is 18.9 Å². The Morgan fingerprint density at radius 2 is 1.70 bits per heavy atom. The van der Waals surface area contributed by atoms with Crippen molar-refractivity contribution in [1.29, 1.82) is 0 Å². The lowest BCUT2D eigenvalue weighted by Gasteiger charge is -2.26. The second-order valence-electron chi connectivity index (χ2n) is 11.7. The molecule has 1 aromatic heterocycles. The van der Waals surface area contributed by atoms with Gasteiger partial charge in [-0.2, -0.15) is 0 Å². The topological polar surface area (TPSA) is 88.4 Å². The van der Waals surface area contributed by atoms with Crippen molar-refractivity contribution in [3.63, 3.8) is 0 Å². The minimum atomic E-state index is -0.810. The predicted molar refractivity (Wildman–Crippen MR) is 188 cm³/mol. The standard InChI is InChI=1S/C37H39BrN2O6S/c1-9-44-31-16-25(10-12-30(31)45-19-28-22(5)14-21(4)15-23(28)6)17-32-35(41)40-34(27-18-26(38)11-13-29(27)43-8)33(36(42)46-20(2)3)24(7)39-37(40)47-32/h10-18,20,34H,9,19H2,1-8H3/b32-17-/t34-/m1/s1. The first-order valence-electron chi connectivity index (χ1n) is 15.4. The fraction of sp³-hybridized carbons (Fsp3) is 0.324. The normalized spacial score (nSPS) is 14.6. The van der Waals surface area contributed by atoms with Gasteiger partial charge in [-0.3, -0.25) is 9.36 Å². The highest BCUT2D eigenvalue weighted by molar-refractivity contribution is 9.10. The van der Waals surface area contributed by atoms with Crippen molar-refractivity contribution in [3.8, 4) is 17.2 Å². The molecule has 8 nitrogen and oxygen atoms in total. The highest BCUT2D eigenvalue weighted by Gasteiger charge is 2.35. The molecule has 1 aliphatic heterocycles. The van der Waals surface area contributed by atoms with E-state index in [2.05, 4.69) is 48.8 Å². The zero-order chi connectivity index (χ0) is 34.0. The summed E-state index contributed by atoms with van der Waals surface area (Å²) in [6.45, 7) is 14.4. The monoisotopic (exact) mass is 718 g/mol. The molecule has 0 radical (unpaired) electrons. The maximum absolute atomic E-state index is 14.2. The molecule has 1 atom stereocenters. The summed E-state index contributed by atoms with van der Waals surface area (Å²) < 4.78 is 26.3. The van der Waals surface area contributed by atoms with Crippen LogP contribution in [0.2, 0.25) is 0 Å². The number of halogens is 1. The van der Waals surface area contributed by atoms with Gasteiger partial charge in [0.25, 0.3) is 5.56 Å². The van der Waals surface area contributed by atoms with Crippen LogP contribution < -0.4 is 29.1 Å². The summed E-state index contributed by atoms with van der Waals surface area (Å²) in [5, 5.41) is 0. The number of carbonyl (C=O) groups is 1. The SMILES string of the molecule is CCOc1cc(/C=c2\sc3n(c2=O)[C@H](c2cc(Br)ccc2OC)C(C(=O)OC(C)C)=C(C)N=3)ccc1OCc1c(C)cc(C)cc1C. The lowest BCUT2D eigenvalue weighted by Crippen LogP contribution is -2.40. The van der Waals surface area contributed by atoms with Gasteiger partial charge in [-0.05, 0) is 107 Å². The lowest BCUT2D eigenvalue weighted by molar-refractivity contribution is -0.143. The van der Waals surface area contributed by atoms with Crippen LogP contribution in [0.15, 0.2) is 74.1 Å². The van der Waals surface area contributed by atoms with E-state index in [0.29, 0.717) is 51.1 Å². The number of carbonyl (C=O) groups excluding carboxylic acids is 1. The summed E-state index contributed by atoms with van der Waals surface area (Å²) in [6.07, 6.45) is 1.46. The molecule has 0 saturated heterocycles. The third-order valence-corrected chi connectivity index (χ3v) is 9.32. The van der Waals surface area contributed by atoms with Gasteiger partial charge in [0.05, 0.1) is 35.6 Å². The van der Waals surface area contributed by atoms with Gasteiger partial charge in [-0.15, -0.1) is 0 Å². The summed E-state index contributed by atoms with van der Waals surface area (Å²) in [7, 11) is 1.56. The Balaban J connectivity index is 1.59. The van der Waals surface area contributed by atoms with Crippen LogP contribution in [0.3, 0.4) is 0 Å². The maximum atomic E-state index is 14.2. The number of fused-ring (bicyclic) bond motifs is 1. The van der Waals surface area contributed by atoms with Crippen LogP contribution in [0.1, 0.15) is 67.1 Å². The van der Waals surface area contributed by atoms with E-state index in [1.165, 1.54) is 28.0 Å². The first-order valence-corrected chi connectivity index (χ1v) is 17.1. The van der Waals surface area contributed by atoms with E-state index >= 15 is 0 Å². The molecule has 0 unspecified atom stereocenters. The Bertz CT molecular complexity index is 2040. The summed E-state index contributed by atoms with van der Waals surface area (Å²) in [4.78, 5) is 32.9. The van der Waals surface area contributed by atoms with Gasteiger partial charge in [0.1, 0.15) is 18.4 Å². The van der Waals surface area contributed by atoms with Crippen LogP contribution in [0.25, 0.3) is 6.08 Å². The number of aryl methyl sites for hydroxylation is 3. The summed E-state index contributed by atoms with van der Waals surface area (Å²) >= 11 is 4.80. The number of allylic oxidation sites excluding steroid dienone is 1. The first kappa shape index (κ1) is 34.2. The third kappa shape index (κ3) is 7.23. The number of rotatable bonds is 10. The molecular formula is C37H39BrN2O6S. The van der Waals surface area contributed by atoms with Gasteiger partial charge in [0.2, 0.25) is 0 Å². The summed E-state index contributed by atoms with van der Waals surface area (Å²) in [5.74, 6) is 1.21. The lowest BCUT2D eigenvalue weighted by atomic mass is 9.95. The zero-order valence-corrected chi connectivity index (χ0v) is 30.3. The number of methoxy groups -OCH3 is 1. The Hall–Kier alpha value is -4.15. The van der Waals surface area contributed by atoms with Crippen LogP contribution in [-0.4, -0.2) is 30.4 Å². The van der Waals surface area contributed by atoms with Crippen molar-refractivity contribution in [2.24, 2.45) is 4.99 Å². The second kappa shape index (κ2) is 14.3. The minimum Gasteiger partial charge on any atom is -0.496 e. The van der Waals surface area contributed by atoms with E-state index in [9.17, 15) is 9.59 Å². The number of thiazole rings is 1. The fourth-order valence-electron chi connectivity index (χ4n) is 5.81. The van der Waals surface area contributed by atoms with E-state index in [4.69, 9.17) is 23.9 Å². The van der Waals surface area contributed by atoms with Crippen LogP contribution in [0.4, 0.5) is 0 Å². The van der Waals surface area contributed by atoms with Crippen molar-refractivity contribution < 1.29 is 23.7 Å². The number of hydrogen-bond acceptors (Lipinski definition) is 8. The smallest absolute Gasteiger partial charge is 0.338 e. The fourth-order valence-corrected chi connectivity index (χ4v) is 7.24. The van der Waals surface area contributed by atoms with Crippen LogP contribution in [-0.2, 0) is 16.1 Å².